The van der Waals surface area contributed by atoms with Crippen LogP contribution in [0.5, 0.6) is 5.75 Å². The SMILES string of the molecule is COc1ccc(S(=O)(=O)N[C@@H](C)C(F)(F)F)cc1C(=O)Nc1ccc(F)c(C)n1. The van der Waals surface area contributed by atoms with E-state index in [2.05, 4.69) is 10.3 Å². The number of methoxy groups -OCH3 is 1. The molecule has 0 saturated heterocycles. The lowest BCUT2D eigenvalue weighted by atomic mass is 10.2. The topological polar surface area (TPSA) is 97.4 Å². The molecular formula is C17H17F4N3O4S. The Labute approximate surface area is 164 Å². The zero-order chi connectivity index (χ0) is 22.0. The van der Waals surface area contributed by atoms with Gasteiger partial charge in [-0.1, -0.05) is 0 Å². The van der Waals surface area contributed by atoms with Crippen LogP contribution in [0.2, 0.25) is 0 Å². The second kappa shape index (κ2) is 8.33. The minimum atomic E-state index is -4.79. The second-order valence-electron chi connectivity index (χ2n) is 5.96. The molecule has 0 aliphatic rings. The van der Waals surface area contributed by atoms with E-state index in [0.717, 1.165) is 24.3 Å². The van der Waals surface area contributed by atoms with Crippen LogP contribution in [0.15, 0.2) is 35.2 Å². The molecular weight excluding hydrogens is 418 g/mol. The van der Waals surface area contributed by atoms with Gasteiger partial charge in [0.1, 0.15) is 23.4 Å². The number of nitrogens with one attached hydrogen (secondary N) is 2. The molecule has 1 amide bonds. The van der Waals surface area contributed by atoms with E-state index in [9.17, 15) is 30.8 Å². The van der Waals surface area contributed by atoms with E-state index in [0.29, 0.717) is 6.92 Å². The van der Waals surface area contributed by atoms with Gasteiger partial charge in [0.2, 0.25) is 10.0 Å². The molecule has 2 N–H and O–H groups in total. The average Bonchev–Trinajstić information content (AvgIpc) is 2.63. The lowest BCUT2D eigenvalue weighted by molar-refractivity contribution is -0.147. The number of aromatic nitrogens is 1. The number of benzene rings is 1. The van der Waals surface area contributed by atoms with Gasteiger partial charge in [-0.15, -0.1) is 0 Å². The lowest BCUT2D eigenvalue weighted by Gasteiger charge is -2.18. The van der Waals surface area contributed by atoms with Crippen molar-refractivity contribution in [2.75, 3.05) is 12.4 Å². The van der Waals surface area contributed by atoms with Crippen molar-refractivity contribution in [3.05, 3.63) is 47.4 Å². The van der Waals surface area contributed by atoms with E-state index in [-0.39, 0.29) is 22.8 Å². The smallest absolute Gasteiger partial charge is 0.404 e. The van der Waals surface area contributed by atoms with Gasteiger partial charge in [-0.2, -0.15) is 17.9 Å². The maximum Gasteiger partial charge on any atom is 0.404 e. The predicted molar refractivity (Wildman–Crippen MR) is 95.7 cm³/mol. The zero-order valence-corrected chi connectivity index (χ0v) is 16.3. The largest absolute Gasteiger partial charge is 0.496 e. The van der Waals surface area contributed by atoms with Gasteiger partial charge < -0.3 is 10.1 Å². The summed E-state index contributed by atoms with van der Waals surface area (Å²) in [5.41, 5.74) is -0.241. The van der Waals surface area contributed by atoms with Crippen molar-refractivity contribution in [1.29, 1.82) is 0 Å². The van der Waals surface area contributed by atoms with Crippen molar-refractivity contribution < 1.29 is 35.5 Å². The van der Waals surface area contributed by atoms with Crippen LogP contribution < -0.4 is 14.8 Å². The first kappa shape index (κ1) is 22.6. The number of amides is 1. The number of hydrogen-bond acceptors (Lipinski definition) is 5. The summed E-state index contributed by atoms with van der Waals surface area (Å²) in [7, 11) is -3.35. The number of pyridine rings is 1. The third kappa shape index (κ3) is 5.41. The highest BCUT2D eigenvalue weighted by molar-refractivity contribution is 7.89. The Bertz CT molecular complexity index is 1030. The monoisotopic (exact) mass is 435 g/mol. The Morgan fingerprint density at radius 2 is 1.86 bits per heavy atom. The fourth-order valence-electron chi connectivity index (χ4n) is 2.20. The molecule has 1 aromatic carbocycles. The molecule has 1 atom stereocenters. The fraction of sp³-hybridized carbons (Fsp3) is 0.294. The number of sulfonamides is 1. The van der Waals surface area contributed by atoms with E-state index in [1.165, 1.54) is 24.8 Å². The molecule has 0 bridgehead atoms. The maximum atomic E-state index is 13.3. The molecule has 0 aliphatic carbocycles. The number of ether oxygens (including phenoxy) is 1. The standard InChI is InChI=1S/C17H17F4N3O4S/c1-9-13(18)5-7-15(22-9)23-16(25)12-8-11(4-6-14(12)28-3)29(26,27)24-10(2)17(19,20)21/h4-8,10,24H,1-3H3,(H,22,23,25)/t10-/m0/s1. The van der Waals surface area contributed by atoms with Crippen molar-refractivity contribution in [2.45, 2.75) is 31.0 Å². The molecule has 1 aromatic heterocycles. The first-order valence-corrected chi connectivity index (χ1v) is 9.55. The summed E-state index contributed by atoms with van der Waals surface area (Å²) in [6, 6.07) is 2.94. The molecule has 1 heterocycles. The van der Waals surface area contributed by atoms with Gasteiger partial charge in [0.05, 0.1) is 23.3 Å². The molecule has 0 fully saturated rings. The molecule has 12 heteroatoms. The van der Waals surface area contributed by atoms with Gasteiger partial charge >= 0.3 is 6.18 Å². The molecule has 0 spiro atoms. The highest BCUT2D eigenvalue weighted by Gasteiger charge is 2.39. The van der Waals surface area contributed by atoms with E-state index in [4.69, 9.17) is 4.74 Å². The lowest BCUT2D eigenvalue weighted by Crippen LogP contribution is -2.43. The van der Waals surface area contributed by atoms with E-state index < -0.39 is 38.9 Å². The molecule has 0 unspecified atom stereocenters. The summed E-state index contributed by atoms with van der Waals surface area (Å²) in [6.07, 6.45) is -4.79. The van der Waals surface area contributed by atoms with E-state index in [1.54, 1.807) is 0 Å². The number of nitrogens with zero attached hydrogens (tertiary/aromatic N) is 1. The minimum absolute atomic E-state index is 0.00645. The quantitative estimate of drug-likeness (QED) is 0.680. The van der Waals surface area contributed by atoms with Gasteiger partial charge in [-0.3, -0.25) is 4.79 Å². The van der Waals surface area contributed by atoms with Crippen LogP contribution in [-0.2, 0) is 10.0 Å². The Morgan fingerprint density at radius 1 is 1.21 bits per heavy atom. The Balaban J connectivity index is 2.37. The third-order valence-corrected chi connectivity index (χ3v) is 5.35. The highest BCUT2D eigenvalue weighted by Crippen LogP contribution is 2.26. The van der Waals surface area contributed by atoms with Crippen LogP contribution >= 0.6 is 0 Å². The summed E-state index contributed by atoms with van der Waals surface area (Å²) in [4.78, 5) is 15.8. The van der Waals surface area contributed by atoms with Crippen LogP contribution in [0.1, 0.15) is 23.0 Å². The number of hydrogen-bond donors (Lipinski definition) is 2. The number of anilines is 1. The van der Waals surface area contributed by atoms with Crippen molar-refractivity contribution >= 4 is 21.7 Å². The van der Waals surface area contributed by atoms with Gasteiger partial charge in [-0.25, -0.2) is 17.8 Å². The van der Waals surface area contributed by atoms with Crippen molar-refractivity contribution in [3.63, 3.8) is 0 Å². The molecule has 0 aliphatic heterocycles. The average molecular weight is 435 g/mol. The summed E-state index contributed by atoms with van der Waals surface area (Å²) >= 11 is 0. The second-order valence-corrected chi connectivity index (χ2v) is 7.68. The van der Waals surface area contributed by atoms with Gasteiger partial charge in [0.15, 0.2) is 0 Å². The Morgan fingerprint density at radius 3 is 2.41 bits per heavy atom. The molecule has 7 nitrogen and oxygen atoms in total. The predicted octanol–water partition coefficient (Wildman–Crippen LogP) is 3.02. The van der Waals surface area contributed by atoms with E-state index in [1.807, 2.05) is 0 Å². The number of carbonyl (C=O) groups is 1. The number of rotatable bonds is 6. The van der Waals surface area contributed by atoms with Crippen LogP contribution in [0.25, 0.3) is 0 Å². The molecule has 2 aromatic rings. The fourth-order valence-corrected chi connectivity index (χ4v) is 3.45. The number of halogens is 4. The van der Waals surface area contributed by atoms with Gasteiger partial charge in [0, 0.05) is 0 Å². The van der Waals surface area contributed by atoms with Crippen molar-refractivity contribution in [1.82, 2.24) is 9.71 Å². The molecule has 2 rings (SSSR count). The molecule has 29 heavy (non-hydrogen) atoms. The maximum absolute atomic E-state index is 13.3. The first-order valence-electron chi connectivity index (χ1n) is 8.06. The zero-order valence-electron chi connectivity index (χ0n) is 15.5. The van der Waals surface area contributed by atoms with Gasteiger partial charge in [0.25, 0.3) is 5.91 Å². The molecule has 158 valence electrons. The van der Waals surface area contributed by atoms with Crippen molar-refractivity contribution in [3.8, 4) is 5.75 Å². The summed E-state index contributed by atoms with van der Waals surface area (Å²) in [6.45, 7) is 2.03. The van der Waals surface area contributed by atoms with Crippen molar-refractivity contribution in [2.24, 2.45) is 0 Å². The highest BCUT2D eigenvalue weighted by atomic mass is 32.2. The first-order chi connectivity index (χ1) is 13.3. The van der Waals surface area contributed by atoms with Gasteiger partial charge in [-0.05, 0) is 44.2 Å². The van der Waals surface area contributed by atoms with Crippen LogP contribution in [0.3, 0.4) is 0 Å². The van der Waals surface area contributed by atoms with Crippen LogP contribution in [0, 0.1) is 12.7 Å². The summed E-state index contributed by atoms with van der Waals surface area (Å²) in [5.74, 6) is -1.46. The van der Waals surface area contributed by atoms with Crippen LogP contribution in [0.4, 0.5) is 23.4 Å². The normalized spacial score (nSPS) is 13.1. The third-order valence-electron chi connectivity index (χ3n) is 3.81. The van der Waals surface area contributed by atoms with Crippen LogP contribution in [-0.4, -0.2) is 38.6 Å². The number of carbonyl (C=O) groups excluding carboxylic acids is 1. The number of alkyl halides is 3. The minimum Gasteiger partial charge on any atom is -0.496 e. The molecule has 0 radical (unpaired) electrons. The Kier molecular flexibility index (Phi) is 6.48. The number of aryl methyl sites for hydroxylation is 1. The van der Waals surface area contributed by atoms with E-state index >= 15 is 0 Å². The summed E-state index contributed by atoms with van der Waals surface area (Å²) in [5, 5.41) is 2.35. The Hall–Kier alpha value is -2.73. The summed E-state index contributed by atoms with van der Waals surface area (Å²) < 4.78 is 82.4. The molecule has 0 saturated carbocycles.